The summed E-state index contributed by atoms with van der Waals surface area (Å²) in [6, 6.07) is 3.61. The number of carbonyl (C=O) groups is 1. The zero-order valence-corrected chi connectivity index (χ0v) is 11.2. The summed E-state index contributed by atoms with van der Waals surface area (Å²) in [5.41, 5.74) is 5.21. The first-order valence-corrected chi connectivity index (χ1v) is 6.43. The van der Waals surface area contributed by atoms with Gasteiger partial charge in [-0.15, -0.1) is 0 Å². The molecule has 1 aromatic carbocycles. The van der Waals surface area contributed by atoms with Gasteiger partial charge in [-0.25, -0.2) is 8.78 Å². The van der Waals surface area contributed by atoms with Crippen molar-refractivity contribution in [3.63, 3.8) is 0 Å². The number of halogens is 2. The van der Waals surface area contributed by atoms with Gasteiger partial charge in [0.15, 0.2) is 0 Å². The van der Waals surface area contributed by atoms with Crippen molar-refractivity contribution in [2.24, 2.45) is 5.73 Å². The van der Waals surface area contributed by atoms with E-state index in [-0.39, 0.29) is 17.9 Å². The van der Waals surface area contributed by atoms with Gasteiger partial charge in [-0.2, -0.15) is 0 Å². The fraction of sp³-hybridized carbons (Fsp3) is 0.500. The summed E-state index contributed by atoms with van der Waals surface area (Å²) in [6.45, 7) is 1.22. The number of nitrogens with two attached hydrogens (primary N) is 1. The molecule has 3 nitrogen and oxygen atoms in total. The zero-order chi connectivity index (χ0) is 14.3. The van der Waals surface area contributed by atoms with E-state index in [1.807, 2.05) is 0 Å². The van der Waals surface area contributed by atoms with Crippen LogP contribution in [0.3, 0.4) is 0 Å². The van der Waals surface area contributed by atoms with Gasteiger partial charge in [-0.1, -0.05) is 12.5 Å². The van der Waals surface area contributed by atoms with Crippen molar-refractivity contribution >= 4 is 5.91 Å². The number of nitrogens with zero attached hydrogens (tertiary/aromatic N) is 1. The minimum absolute atomic E-state index is 0.165. The molecule has 0 spiro atoms. The van der Waals surface area contributed by atoms with Crippen molar-refractivity contribution in [1.29, 1.82) is 0 Å². The number of amides is 1. The van der Waals surface area contributed by atoms with Gasteiger partial charge in [0.2, 0.25) is 5.91 Å². The molecule has 0 heterocycles. The van der Waals surface area contributed by atoms with Gasteiger partial charge in [0.25, 0.3) is 0 Å². The van der Waals surface area contributed by atoms with Gasteiger partial charge >= 0.3 is 0 Å². The highest BCUT2D eigenvalue weighted by molar-refractivity contribution is 5.78. The van der Waals surface area contributed by atoms with Gasteiger partial charge in [-0.3, -0.25) is 4.79 Å². The summed E-state index contributed by atoms with van der Waals surface area (Å²) in [4.78, 5) is 13.4. The quantitative estimate of drug-likeness (QED) is 0.771. The molecule has 0 aliphatic rings. The second kappa shape index (κ2) is 7.84. The Hall–Kier alpha value is -1.49. The Morgan fingerprint density at radius 2 is 1.84 bits per heavy atom. The Morgan fingerprint density at radius 1 is 1.21 bits per heavy atom. The molecule has 2 N–H and O–H groups in total. The Morgan fingerprint density at radius 3 is 2.42 bits per heavy atom. The lowest BCUT2D eigenvalue weighted by molar-refractivity contribution is -0.129. The molecule has 0 unspecified atom stereocenters. The van der Waals surface area contributed by atoms with Crippen molar-refractivity contribution in [3.05, 3.63) is 35.4 Å². The predicted octanol–water partition coefficient (Wildman–Crippen LogP) is 2.09. The van der Waals surface area contributed by atoms with Gasteiger partial charge in [0, 0.05) is 19.2 Å². The van der Waals surface area contributed by atoms with Gasteiger partial charge in [-0.05, 0) is 31.5 Å². The van der Waals surface area contributed by atoms with Crippen LogP contribution in [0.4, 0.5) is 8.78 Å². The molecule has 0 bridgehead atoms. The van der Waals surface area contributed by atoms with E-state index in [1.165, 1.54) is 11.0 Å². The molecule has 0 saturated heterocycles. The zero-order valence-electron chi connectivity index (χ0n) is 11.2. The van der Waals surface area contributed by atoms with Crippen LogP contribution in [0.1, 0.15) is 24.8 Å². The predicted molar refractivity (Wildman–Crippen MR) is 70.6 cm³/mol. The van der Waals surface area contributed by atoms with E-state index in [0.29, 0.717) is 13.1 Å². The van der Waals surface area contributed by atoms with Crippen molar-refractivity contribution in [2.45, 2.75) is 25.7 Å². The second-order valence-corrected chi connectivity index (χ2v) is 4.54. The number of hydrogen-bond acceptors (Lipinski definition) is 2. The summed E-state index contributed by atoms with van der Waals surface area (Å²) in [6.07, 6.45) is 2.47. The lowest BCUT2D eigenvalue weighted by atomic mass is 10.1. The van der Waals surface area contributed by atoms with Crippen LogP contribution < -0.4 is 5.73 Å². The normalized spacial score (nSPS) is 10.5. The van der Waals surface area contributed by atoms with E-state index in [2.05, 4.69) is 0 Å². The summed E-state index contributed by atoms with van der Waals surface area (Å²) in [7, 11) is 1.64. The van der Waals surface area contributed by atoms with E-state index in [9.17, 15) is 13.6 Å². The summed E-state index contributed by atoms with van der Waals surface area (Å²) < 4.78 is 26.8. The number of rotatable bonds is 7. The average molecular weight is 270 g/mol. The first-order valence-electron chi connectivity index (χ1n) is 6.43. The molecular formula is C14H20F2N2O. The largest absolute Gasteiger partial charge is 0.345 e. The molecule has 0 saturated carbocycles. The average Bonchev–Trinajstić information content (AvgIpc) is 2.38. The van der Waals surface area contributed by atoms with Crippen LogP contribution in [0.25, 0.3) is 0 Å². The minimum atomic E-state index is -0.676. The van der Waals surface area contributed by atoms with Crippen LogP contribution in [0.15, 0.2) is 18.2 Å². The second-order valence-electron chi connectivity index (χ2n) is 4.54. The Kier molecular flexibility index (Phi) is 6.42. The van der Waals surface area contributed by atoms with Crippen LogP contribution in [-0.2, 0) is 11.2 Å². The third-order valence-corrected chi connectivity index (χ3v) is 3.01. The lowest BCUT2D eigenvalue weighted by Crippen LogP contribution is -2.29. The highest BCUT2D eigenvalue weighted by Gasteiger charge is 2.15. The van der Waals surface area contributed by atoms with Crippen LogP contribution in [0, 0.1) is 11.6 Å². The Labute approximate surface area is 112 Å². The fourth-order valence-corrected chi connectivity index (χ4v) is 1.78. The first kappa shape index (κ1) is 15.6. The smallest absolute Gasteiger partial charge is 0.226 e. The Bertz CT molecular complexity index is 404. The van der Waals surface area contributed by atoms with E-state index in [0.717, 1.165) is 31.4 Å². The number of likely N-dealkylation sites (N-methyl/N-ethyl adjacent to an activating group) is 1. The number of hydrogen-bond donors (Lipinski definition) is 1. The highest BCUT2D eigenvalue weighted by Crippen LogP contribution is 2.13. The van der Waals surface area contributed by atoms with Crippen molar-refractivity contribution in [1.82, 2.24) is 4.90 Å². The molecule has 0 aliphatic carbocycles. The monoisotopic (exact) mass is 270 g/mol. The Balaban J connectivity index is 2.50. The molecule has 0 atom stereocenters. The molecule has 0 aromatic heterocycles. The van der Waals surface area contributed by atoms with Gasteiger partial charge in [0.1, 0.15) is 11.6 Å². The van der Waals surface area contributed by atoms with Gasteiger partial charge < -0.3 is 10.6 Å². The number of carbonyl (C=O) groups excluding carboxylic acids is 1. The molecular weight excluding hydrogens is 250 g/mol. The molecule has 0 fully saturated rings. The molecule has 5 heteroatoms. The van der Waals surface area contributed by atoms with Crippen LogP contribution in [0.2, 0.25) is 0 Å². The molecule has 0 radical (unpaired) electrons. The molecule has 106 valence electrons. The topological polar surface area (TPSA) is 46.3 Å². The SMILES string of the molecule is CN(CCCCCN)C(=O)Cc1c(F)cccc1F. The lowest BCUT2D eigenvalue weighted by Gasteiger charge is -2.17. The molecule has 19 heavy (non-hydrogen) atoms. The standard InChI is InChI=1S/C14H20F2N2O/c1-18(9-4-2-3-8-17)14(19)10-11-12(15)6-5-7-13(11)16/h5-7H,2-4,8-10,17H2,1H3. The van der Waals surface area contributed by atoms with Crippen LogP contribution in [0.5, 0.6) is 0 Å². The summed E-state index contributed by atoms with van der Waals surface area (Å²) in [5, 5.41) is 0. The van der Waals surface area contributed by atoms with Crippen molar-refractivity contribution < 1.29 is 13.6 Å². The van der Waals surface area contributed by atoms with E-state index in [1.54, 1.807) is 7.05 Å². The van der Waals surface area contributed by atoms with Crippen molar-refractivity contribution in [2.75, 3.05) is 20.1 Å². The van der Waals surface area contributed by atoms with E-state index < -0.39 is 11.6 Å². The maximum atomic E-state index is 13.4. The minimum Gasteiger partial charge on any atom is -0.345 e. The number of unbranched alkanes of at least 4 members (excludes halogenated alkanes) is 2. The molecule has 1 amide bonds. The first-order chi connectivity index (χ1) is 9.06. The fourth-order valence-electron chi connectivity index (χ4n) is 1.78. The molecule has 1 aromatic rings. The third-order valence-electron chi connectivity index (χ3n) is 3.01. The number of benzene rings is 1. The molecule has 1 rings (SSSR count). The van der Waals surface area contributed by atoms with Crippen LogP contribution in [-0.4, -0.2) is 30.9 Å². The maximum Gasteiger partial charge on any atom is 0.226 e. The summed E-state index contributed by atoms with van der Waals surface area (Å²) in [5.74, 6) is -1.63. The highest BCUT2D eigenvalue weighted by atomic mass is 19.1. The van der Waals surface area contributed by atoms with E-state index in [4.69, 9.17) is 5.73 Å². The van der Waals surface area contributed by atoms with Crippen molar-refractivity contribution in [3.8, 4) is 0 Å². The molecule has 0 aliphatic heterocycles. The van der Waals surface area contributed by atoms with E-state index >= 15 is 0 Å². The third kappa shape index (κ3) is 4.95. The van der Waals surface area contributed by atoms with Gasteiger partial charge in [0.05, 0.1) is 6.42 Å². The van der Waals surface area contributed by atoms with Crippen LogP contribution >= 0.6 is 0 Å². The maximum absolute atomic E-state index is 13.4. The summed E-state index contributed by atoms with van der Waals surface area (Å²) >= 11 is 0.